The molecule has 1 aromatic rings. The summed E-state index contributed by atoms with van der Waals surface area (Å²) in [5, 5.41) is 6.29. The molecule has 0 amide bonds. The van der Waals surface area contributed by atoms with Crippen molar-refractivity contribution in [2.45, 2.75) is 50.8 Å². The molecular weight excluding hydrogens is 304 g/mol. The fourth-order valence-corrected chi connectivity index (χ4v) is 3.08. The lowest BCUT2D eigenvalue weighted by atomic mass is 10.1. The first-order valence-corrected chi connectivity index (χ1v) is 8.80. The average Bonchev–Trinajstić information content (AvgIpc) is 2.79. The third-order valence-corrected chi connectivity index (χ3v) is 4.11. The van der Waals surface area contributed by atoms with E-state index in [1.807, 2.05) is 6.92 Å². The molecular formula is C12H19ClN2O4S. The number of H-pyrrole nitrogens is 1. The molecule has 1 N–H and O–H groups in total. The zero-order chi connectivity index (χ0) is 15.3. The van der Waals surface area contributed by atoms with E-state index >= 15 is 0 Å². The van der Waals surface area contributed by atoms with Crippen LogP contribution in [0.4, 0.5) is 0 Å². The average molecular weight is 323 g/mol. The minimum absolute atomic E-state index is 0.160. The highest BCUT2D eigenvalue weighted by Crippen LogP contribution is 2.28. The van der Waals surface area contributed by atoms with E-state index in [4.69, 9.17) is 15.4 Å². The highest BCUT2D eigenvalue weighted by atomic mass is 35.7. The Kier molecular flexibility index (Phi) is 6.01. The van der Waals surface area contributed by atoms with Gasteiger partial charge in [-0.3, -0.25) is 5.10 Å². The summed E-state index contributed by atoms with van der Waals surface area (Å²) in [5.74, 6) is -0.934. The van der Waals surface area contributed by atoms with Crippen LogP contribution in [0.3, 0.4) is 0 Å². The number of carbonyl (C=O) groups excluding carboxylic acids is 1. The van der Waals surface area contributed by atoms with Crippen molar-refractivity contribution in [1.82, 2.24) is 10.2 Å². The lowest BCUT2D eigenvalue weighted by Gasteiger charge is -2.05. The highest BCUT2D eigenvalue weighted by molar-refractivity contribution is 8.13. The normalized spacial score (nSPS) is 11.8. The summed E-state index contributed by atoms with van der Waals surface area (Å²) >= 11 is 0. The largest absolute Gasteiger partial charge is 0.461 e. The summed E-state index contributed by atoms with van der Waals surface area (Å²) in [6, 6.07) is 0. The molecule has 8 heteroatoms. The molecule has 0 radical (unpaired) electrons. The molecule has 114 valence electrons. The Morgan fingerprint density at radius 3 is 2.55 bits per heavy atom. The van der Waals surface area contributed by atoms with Crippen LogP contribution in [0, 0.1) is 0 Å². The second-order valence-electron chi connectivity index (χ2n) is 4.75. The van der Waals surface area contributed by atoms with Gasteiger partial charge in [-0.15, -0.1) is 0 Å². The Bertz CT molecular complexity index is 566. The van der Waals surface area contributed by atoms with E-state index in [-0.39, 0.29) is 23.1 Å². The number of hydrogen-bond acceptors (Lipinski definition) is 5. The molecule has 20 heavy (non-hydrogen) atoms. The third-order valence-electron chi connectivity index (χ3n) is 2.74. The highest BCUT2D eigenvalue weighted by Gasteiger charge is 2.30. The van der Waals surface area contributed by atoms with Gasteiger partial charge in [0.1, 0.15) is 4.90 Å². The second-order valence-corrected chi connectivity index (χ2v) is 7.25. The molecule has 0 atom stereocenters. The molecule has 0 unspecified atom stereocenters. The molecule has 1 rings (SSSR count). The lowest BCUT2D eigenvalue weighted by molar-refractivity contribution is 0.0486. The van der Waals surface area contributed by atoms with Gasteiger partial charge in [0.2, 0.25) is 0 Å². The molecule has 0 fully saturated rings. The molecule has 0 saturated carbocycles. The smallest absolute Gasteiger partial charge is 0.360 e. The third kappa shape index (κ3) is 4.21. The topological polar surface area (TPSA) is 89.1 Å². The summed E-state index contributed by atoms with van der Waals surface area (Å²) in [6.45, 7) is 5.81. The number of nitrogens with one attached hydrogen (secondary N) is 1. The minimum Gasteiger partial charge on any atom is -0.461 e. The van der Waals surface area contributed by atoms with Gasteiger partial charge in [-0.05, 0) is 12.3 Å². The van der Waals surface area contributed by atoms with Gasteiger partial charge < -0.3 is 4.74 Å². The first-order chi connectivity index (χ1) is 9.29. The van der Waals surface area contributed by atoms with Gasteiger partial charge in [0.15, 0.2) is 5.69 Å². The van der Waals surface area contributed by atoms with Crippen LogP contribution in [0.15, 0.2) is 4.90 Å². The maximum atomic E-state index is 11.9. The van der Waals surface area contributed by atoms with E-state index in [0.29, 0.717) is 5.69 Å². The van der Waals surface area contributed by atoms with Gasteiger partial charge in [0, 0.05) is 10.7 Å². The summed E-state index contributed by atoms with van der Waals surface area (Å²) in [4.78, 5) is 11.6. The van der Waals surface area contributed by atoms with Crippen molar-refractivity contribution in [3.8, 4) is 0 Å². The van der Waals surface area contributed by atoms with Crippen molar-refractivity contribution in [2.24, 2.45) is 0 Å². The van der Waals surface area contributed by atoms with Gasteiger partial charge in [-0.1, -0.05) is 33.6 Å². The number of hydrogen-bond donors (Lipinski definition) is 1. The monoisotopic (exact) mass is 322 g/mol. The van der Waals surface area contributed by atoms with Crippen molar-refractivity contribution in [2.75, 3.05) is 6.61 Å². The van der Waals surface area contributed by atoms with Gasteiger partial charge in [0.25, 0.3) is 9.05 Å². The van der Waals surface area contributed by atoms with Crippen LogP contribution in [0.1, 0.15) is 62.1 Å². The molecule has 0 aliphatic rings. The maximum Gasteiger partial charge on any atom is 0.360 e. The Labute approximate surface area is 123 Å². The van der Waals surface area contributed by atoms with Crippen LogP contribution in [-0.4, -0.2) is 31.2 Å². The van der Waals surface area contributed by atoms with Crippen molar-refractivity contribution in [3.63, 3.8) is 0 Å². The number of esters is 1. The van der Waals surface area contributed by atoms with Crippen LogP contribution in [0.25, 0.3) is 0 Å². The maximum absolute atomic E-state index is 11.9. The Morgan fingerprint density at radius 1 is 1.40 bits per heavy atom. The molecule has 1 heterocycles. The SMILES string of the molecule is CCCCCOC(=O)c1n[nH]c(C(C)C)c1S(=O)(=O)Cl. The van der Waals surface area contributed by atoms with Gasteiger partial charge >= 0.3 is 5.97 Å². The number of unbranched alkanes of at least 4 members (excludes halogenated alkanes) is 2. The standard InChI is InChI=1S/C12H19ClN2O4S/c1-4-5-6-7-19-12(16)10-11(20(13,17)18)9(8(2)3)14-15-10/h8H,4-7H2,1-3H3,(H,14,15). The molecule has 0 saturated heterocycles. The fourth-order valence-electron chi connectivity index (χ4n) is 1.71. The van der Waals surface area contributed by atoms with E-state index in [1.54, 1.807) is 13.8 Å². The molecule has 1 aromatic heterocycles. The molecule has 0 spiro atoms. The van der Waals surface area contributed by atoms with Crippen LogP contribution >= 0.6 is 10.7 Å². The van der Waals surface area contributed by atoms with Crippen molar-refractivity contribution in [3.05, 3.63) is 11.4 Å². The Balaban J connectivity index is 2.98. The molecule has 6 nitrogen and oxygen atoms in total. The van der Waals surface area contributed by atoms with Crippen molar-refractivity contribution >= 4 is 25.7 Å². The number of rotatable bonds is 7. The van der Waals surface area contributed by atoms with Crippen LogP contribution in [0.2, 0.25) is 0 Å². The van der Waals surface area contributed by atoms with Crippen LogP contribution < -0.4 is 0 Å². The number of halogens is 1. The summed E-state index contributed by atoms with van der Waals surface area (Å²) in [7, 11) is 1.32. The van der Waals surface area contributed by atoms with Crippen molar-refractivity contribution < 1.29 is 17.9 Å². The number of carbonyl (C=O) groups is 1. The predicted octanol–water partition coefficient (Wildman–Crippen LogP) is 2.81. The first-order valence-electron chi connectivity index (χ1n) is 6.49. The van der Waals surface area contributed by atoms with E-state index in [9.17, 15) is 13.2 Å². The van der Waals surface area contributed by atoms with Crippen LogP contribution in [0.5, 0.6) is 0 Å². The van der Waals surface area contributed by atoms with Gasteiger partial charge in [0.05, 0.1) is 12.3 Å². The van der Waals surface area contributed by atoms with Crippen molar-refractivity contribution in [1.29, 1.82) is 0 Å². The van der Waals surface area contributed by atoms with Gasteiger partial charge in [-0.2, -0.15) is 5.10 Å². The number of ether oxygens (including phenoxy) is 1. The summed E-state index contributed by atoms with van der Waals surface area (Å²) in [6.07, 6.45) is 2.66. The predicted molar refractivity (Wildman–Crippen MR) is 75.5 cm³/mol. The minimum atomic E-state index is -4.07. The Morgan fingerprint density at radius 2 is 2.05 bits per heavy atom. The molecule has 0 aliphatic carbocycles. The second kappa shape index (κ2) is 7.08. The van der Waals surface area contributed by atoms with Gasteiger partial charge in [-0.25, -0.2) is 13.2 Å². The summed E-state index contributed by atoms with van der Waals surface area (Å²) < 4.78 is 28.3. The molecule has 0 aliphatic heterocycles. The fraction of sp³-hybridized carbons (Fsp3) is 0.667. The van der Waals surface area contributed by atoms with E-state index < -0.39 is 15.0 Å². The molecule has 0 aromatic carbocycles. The lowest BCUT2D eigenvalue weighted by Crippen LogP contribution is -2.11. The number of nitrogens with zero attached hydrogens (tertiary/aromatic N) is 1. The van der Waals surface area contributed by atoms with E-state index in [1.165, 1.54) is 0 Å². The van der Waals surface area contributed by atoms with E-state index in [0.717, 1.165) is 19.3 Å². The zero-order valence-electron chi connectivity index (χ0n) is 11.8. The van der Waals surface area contributed by atoms with E-state index in [2.05, 4.69) is 10.2 Å². The Hall–Kier alpha value is -1.08. The number of aromatic nitrogens is 2. The quantitative estimate of drug-likeness (QED) is 0.473. The molecule has 0 bridgehead atoms. The zero-order valence-corrected chi connectivity index (χ0v) is 13.3. The first kappa shape index (κ1) is 17.0. The van der Waals surface area contributed by atoms with Crippen LogP contribution in [-0.2, 0) is 13.8 Å². The summed E-state index contributed by atoms with van der Waals surface area (Å²) in [5.41, 5.74) is 0.0284. The number of aromatic amines is 1.